The van der Waals surface area contributed by atoms with Gasteiger partial charge in [-0.25, -0.2) is 19.7 Å². The van der Waals surface area contributed by atoms with E-state index < -0.39 is 18.0 Å². The number of aryl methyl sites for hydroxylation is 2. The summed E-state index contributed by atoms with van der Waals surface area (Å²) in [4.78, 5) is 39.2. The lowest BCUT2D eigenvalue weighted by Crippen LogP contribution is -2.15. The second-order valence-electron chi connectivity index (χ2n) is 8.76. The molecular formula is C27H23FN4O4S. The second kappa shape index (κ2) is 9.36. The van der Waals surface area contributed by atoms with Gasteiger partial charge in [0, 0.05) is 11.1 Å². The van der Waals surface area contributed by atoms with Gasteiger partial charge in [-0.3, -0.25) is 4.79 Å². The Morgan fingerprint density at radius 1 is 1.11 bits per heavy atom. The summed E-state index contributed by atoms with van der Waals surface area (Å²) in [6, 6.07) is 9.47. The SMILES string of the molecule is COC(=O)c1nc(F)ccc1NC(C)c1cc(C)cc2c(=O)c(C)c(-c3ccc4nc(C)sc4n3)oc12. The zero-order valence-corrected chi connectivity index (χ0v) is 21.6. The van der Waals surface area contributed by atoms with Crippen LogP contribution in [0.15, 0.2) is 45.6 Å². The van der Waals surface area contributed by atoms with Crippen molar-refractivity contribution in [2.24, 2.45) is 0 Å². The van der Waals surface area contributed by atoms with Crippen molar-refractivity contribution < 1.29 is 18.3 Å². The van der Waals surface area contributed by atoms with Crippen LogP contribution in [0.5, 0.6) is 0 Å². The number of thiazole rings is 1. The van der Waals surface area contributed by atoms with Crippen LogP contribution in [-0.2, 0) is 4.74 Å². The van der Waals surface area contributed by atoms with Crippen molar-refractivity contribution in [3.05, 3.63) is 80.0 Å². The number of rotatable bonds is 5. The van der Waals surface area contributed by atoms with E-state index in [-0.39, 0.29) is 16.8 Å². The van der Waals surface area contributed by atoms with Gasteiger partial charge < -0.3 is 14.5 Å². The van der Waals surface area contributed by atoms with Crippen molar-refractivity contribution in [2.45, 2.75) is 33.7 Å². The maximum atomic E-state index is 13.7. The number of carbonyl (C=O) groups is 1. The average Bonchev–Trinajstić information content (AvgIpc) is 3.25. The normalized spacial score (nSPS) is 12.2. The Morgan fingerprint density at radius 3 is 2.65 bits per heavy atom. The molecule has 1 atom stereocenters. The zero-order valence-electron chi connectivity index (χ0n) is 20.8. The minimum absolute atomic E-state index is 0.158. The monoisotopic (exact) mass is 518 g/mol. The number of fused-ring (bicyclic) bond motifs is 2. The minimum Gasteiger partial charge on any atom is -0.464 e. The molecule has 8 nitrogen and oxygen atoms in total. The molecule has 0 aliphatic carbocycles. The van der Waals surface area contributed by atoms with Crippen LogP contribution in [0.3, 0.4) is 0 Å². The van der Waals surface area contributed by atoms with Crippen LogP contribution in [0.4, 0.5) is 10.1 Å². The number of hydrogen-bond donors (Lipinski definition) is 1. The number of pyridine rings is 2. The van der Waals surface area contributed by atoms with Crippen molar-refractivity contribution in [1.82, 2.24) is 15.0 Å². The molecule has 0 saturated carbocycles. The molecule has 188 valence electrons. The third kappa shape index (κ3) is 4.44. The van der Waals surface area contributed by atoms with E-state index in [1.807, 2.05) is 32.9 Å². The summed E-state index contributed by atoms with van der Waals surface area (Å²) >= 11 is 1.47. The number of ether oxygens (including phenoxy) is 1. The first-order chi connectivity index (χ1) is 17.7. The molecule has 1 unspecified atom stereocenters. The van der Waals surface area contributed by atoms with Gasteiger partial charge in [-0.1, -0.05) is 17.4 Å². The standard InChI is InChI=1S/C27H23FN4O4S/c1-12-10-16(14(3)29-18-8-9-21(28)32-22(18)27(34)35-5)25-17(11-12)23(33)13(2)24(36-25)19-6-7-20-26(31-19)37-15(4)30-20/h6-11,14,29H,1-5H3. The maximum Gasteiger partial charge on any atom is 0.358 e. The van der Waals surface area contributed by atoms with Crippen LogP contribution in [0.25, 0.3) is 32.8 Å². The lowest BCUT2D eigenvalue weighted by molar-refractivity contribution is 0.0594. The molecule has 0 radical (unpaired) electrons. The summed E-state index contributed by atoms with van der Waals surface area (Å²) in [7, 11) is 1.20. The molecule has 0 fully saturated rings. The Bertz CT molecular complexity index is 1760. The predicted molar refractivity (Wildman–Crippen MR) is 141 cm³/mol. The number of aromatic nitrogens is 3. The average molecular weight is 519 g/mol. The smallest absolute Gasteiger partial charge is 0.358 e. The number of halogens is 1. The molecule has 10 heteroatoms. The van der Waals surface area contributed by atoms with Gasteiger partial charge in [-0.05, 0) is 63.6 Å². The van der Waals surface area contributed by atoms with Gasteiger partial charge in [0.25, 0.3) is 0 Å². The van der Waals surface area contributed by atoms with Crippen molar-refractivity contribution in [1.29, 1.82) is 0 Å². The summed E-state index contributed by atoms with van der Waals surface area (Å²) in [5.74, 6) is -1.19. The molecule has 37 heavy (non-hydrogen) atoms. The lowest BCUT2D eigenvalue weighted by atomic mass is 9.99. The highest BCUT2D eigenvalue weighted by Gasteiger charge is 2.22. The van der Waals surface area contributed by atoms with Crippen LogP contribution < -0.4 is 10.7 Å². The molecule has 4 aromatic heterocycles. The molecular weight excluding hydrogens is 495 g/mol. The highest BCUT2D eigenvalue weighted by Crippen LogP contribution is 2.33. The highest BCUT2D eigenvalue weighted by molar-refractivity contribution is 7.18. The summed E-state index contributed by atoms with van der Waals surface area (Å²) in [6.45, 7) is 7.38. The van der Waals surface area contributed by atoms with E-state index in [1.165, 1.54) is 24.5 Å². The fourth-order valence-electron chi connectivity index (χ4n) is 4.30. The Kier molecular flexibility index (Phi) is 6.20. The molecule has 5 aromatic rings. The molecule has 0 amide bonds. The van der Waals surface area contributed by atoms with Crippen LogP contribution in [0.2, 0.25) is 0 Å². The van der Waals surface area contributed by atoms with Crippen LogP contribution in [-0.4, -0.2) is 28.0 Å². The number of nitrogens with zero attached hydrogens (tertiary/aromatic N) is 3. The van der Waals surface area contributed by atoms with E-state index in [1.54, 1.807) is 19.1 Å². The first-order valence-electron chi connectivity index (χ1n) is 11.5. The number of hydrogen-bond acceptors (Lipinski definition) is 9. The van der Waals surface area contributed by atoms with Crippen molar-refractivity contribution >= 4 is 44.3 Å². The zero-order chi connectivity index (χ0) is 26.4. The molecule has 0 bridgehead atoms. The van der Waals surface area contributed by atoms with Gasteiger partial charge in [-0.15, -0.1) is 0 Å². The molecule has 1 N–H and O–H groups in total. The van der Waals surface area contributed by atoms with Gasteiger partial charge in [0.2, 0.25) is 5.95 Å². The summed E-state index contributed by atoms with van der Waals surface area (Å²) in [6.07, 6.45) is 0. The highest BCUT2D eigenvalue weighted by atomic mass is 32.1. The van der Waals surface area contributed by atoms with Crippen LogP contribution >= 0.6 is 11.3 Å². The van der Waals surface area contributed by atoms with E-state index >= 15 is 0 Å². The van der Waals surface area contributed by atoms with Gasteiger partial charge in [-0.2, -0.15) is 4.39 Å². The first kappa shape index (κ1) is 24.5. The largest absolute Gasteiger partial charge is 0.464 e. The summed E-state index contributed by atoms with van der Waals surface area (Å²) in [5, 5.41) is 4.53. The predicted octanol–water partition coefficient (Wildman–Crippen LogP) is 5.88. The van der Waals surface area contributed by atoms with Gasteiger partial charge >= 0.3 is 5.97 Å². The Morgan fingerprint density at radius 2 is 1.89 bits per heavy atom. The fourth-order valence-corrected chi connectivity index (χ4v) is 5.09. The number of methoxy groups -OCH3 is 1. The van der Waals surface area contributed by atoms with Crippen LogP contribution in [0, 0.1) is 26.7 Å². The molecule has 0 spiro atoms. The van der Waals surface area contributed by atoms with Crippen LogP contribution in [0.1, 0.15) is 45.2 Å². The van der Waals surface area contributed by atoms with Gasteiger partial charge in [0.1, 0.15) is 21.6 Å². The van der Waals surface area contributed by atoms with E-state index in [4.69, 9.17) is 14.1 Å². The number of nitrogens with one attached hydrogen (secondary N) is 1. The summed E-state index contributed by atoms with van der Waals surface area (Å²) < 4.78 is 24.9. The molecule has 0 aliphatic rings. The third-order valence-corrected chi connectivity index (χ3v) is 6.95. The topological polar surface area (TPSA) is 107 Å². The lowest BCUT2D eigenvalue weighted by Gasteiger charge is -2.19. The third-order valence-electron chi connectivity index (χ3n) is 6.07. The van der Waals surface area contributed by atoms with Gasteiger partial charge in [0.15, 0.2) is 16.9 Å². The molecule has 0 aliphatic heterocycles. The quantitative estimate of drug-likeness (QED) is 0.227. The van der Waals surface area contributed by atoms with E-state index in [0.717, 1.165) is 27.0 Å². The number of anilines is 1. The number of benzene rings is 1. The molecule has 4 heterocycles. The van der Waals surface area contributed by atoms with Crippen molar-refractivity contribution in [3.63, 3.8) is 0 Å². The second-order valence-corrected chi connectivity index (χ2v) is 9.94. The van der Waals surface area contributed by atoms with E-state index in [0.29, 0.717) is 33.6 Å². The molecule has 1 aromatic carbocycles. The maximum absolute atomic E-state index is 13.7. The van der Waals surface area contributed by atoms with Gasteiger partial charge in [0.05, 0.1) is 29.2 Å². The van der Waals surface area contributed by atoms with Crippen molar-refractivity contribution in [2.75, 3.05) is 12.4 Å². The van der Waals surface area contributed by atoms with Crippen molar-refractivity contribution in [3.8, 4) is 11.5 Å². The Balaban J connectivity index is 1.66. The summed E-state index contributed by atoms with van der Waals surface area (Å²) in [5.41, 5.74) is 3.67. The Labute approximate surface area is 215 Å². The van der Waals surface area contributed by atoms with E-state index in [9.17, 15) is 14.0 Å². The molecule has 0 saturated heterocycles. The van der Waals surface area contributed by atoms with E-state index in [2.05, 4.69) is 15.3 Å². The number of esters is 1. The Hall–Kier alpha value is -4.18. The first-order valence-corrected chi connectivity index (χ1v) is 12.3. The minimum atomic E-state index is -0.800. The fraction of sp³-hybridized carbons (Fsp3) is 0.222. The molecule has 5 rings (SSSR count). The number of carbonyl (C=O) groups excluding carboxylic acids is 1.